The normalized spacial score (nSPS) is 9.95. The van der Waals surface area contributed by atoms with E-state index in [4.69, 9.17) is 10.00 Å². The number of ether oxygens (including phenoxy) is 1. The summed E-state index contributed by atoms with van der Waals surface area (Å²) in [5.74, 6) is 0.490. The number of carbonyl (C=O) groups is 1. The lowest BCUT2D eigenvalue weighted by Crippen LogP contribution is -2.11. The first kappa shape index (κ1) is 13.8. The predicted octanol–water partition coefficient (Wildman–Crippen LogP) is 3.95. The summed E-state index contributed by atoms with van der Waals surface area (Å²) in [6.07, 6.45) is 0. The summed E-state index contributed by atoms with van der Waals surface area (Å²) in [6.45, 7) is 1.84. The third-order valence-corrected chi connectivity index (χ3v) is 4.43. The van der Waals surface area contributed by atoms with Crippen LogP contribution in [0.1, 0.15) is 20.8 Å². The van der Waals surface area contributed by atoms with Crippen molar-refractivity contribution in [1.82, 2.24) is 0 Å². The van der Waals surface area contributed by atoms with Crippen LogP contribution in [0.3, 0.4) is 0 Å². The Kier molecular flexibility index (Phi) is 4.35. The average Bonchev–Trinajstić information content (AvgIpc) is 2.84. The summed E-state index contributed by atoms with van der Waals surface area (Å²) in [5, 5.41) is 10.7. The van der Waals surface area contributed by atoms with Gasteiger partial charge in [0, 0.05) is 4.47 Å². The number of Topliss-reactive ketones (excluding diaryl/α,β-unsaturated/α-hetero) is 1. The summed E-state index contributed by atoms with van der Waals surface area (Å²) >= 11 is 4.70. The molecule has 0 fully saturated rings. The Bertz CT molecular complexity index is 658. The van der Waals surface area contributed by atoms with Crippen molar-refractivity contribution in [2.45, 2.75) is 6.92 Å². The highest BCUT2D eigenvalue weighted by molar-refractivity contribution is 9.10. The Morgan fingerprint density at radius 3 is 2.89 bits per heavy atom. The Hall–Kier alpha value is -1.64. The van der Waals surface area contributed by atoms with Crippen LogP contribution >= 0.6 is 27.3 Å². The van der Waals surface area contributed by atoms with Crippen LogP contribution in [0.2, 0.25) is 0 Å². The van der Waals surface area contributed by atoms with E-state index in [-0.39, 0.29) is 12.4 Å². The van der Waals surface area contributed by atoms with Crippen molar-refractivity contribution in [2.75, 3.05) is 6.61 Å². The number of ketones is 1. The minimum absolute atomic E-state index is 0.0329. The van der Waals surface area contributed by atoms with Gasteiger partial charge in [0.05, 0.1) is 16.5 Å². The second-order valence-corrected chi connectivity index (χ2v) is 5.67. The monoisotopic (exact) mass is 335 g/mol. The number of nitrogens with zero attached hydrogens (tertiary/aromatic N) is 1. The number of halogens is 1. The fourth-order valence-electron chi connectivity index (χ4n) is 1.53. The summed E-state index contributed by atoms with van der Waals surface area (Å²) in [4.78, 5) is 12.6. The molecule has 0 unspecified atom stereocenters. The number of hydrogen-bond acceptors (Lipinski definition) is 4. The molecule has 0 radical (unpaired) electrons. The molecule has 0 atom stereocenters. The average molecular weight is 336 g/mol. The second kappa shape index (κ2) is 6.00. The van der Waals surface area contributed by atoms with Gasteiger partial charge in [-0.3, -0.25) is 4.79 Å². The van der Waals surface area contributed by atoms with Crippen LogP contribution in [-0.2, 0) is 0 Å². The van der Waals surface area contributed by atoms with E-state index in [0.717, 1.165) is 10.0 Å². The Morgan fingerprint density at radius 2 is 2.26 bits per heavy atom. The summed E-state index contributed by atoms with van der Waals surface area (Å²) < 4.78 is 6.29. The van der Waals surface area contributed by atoms with E-state index in [1.165, 1.54) is 11.3 Å². The molecule has 2 aromatic rings. The third kappa shape index (κ3) is 3.22. The number of nitriles is 1. The molecule has 0 saturated carbocycles. The highest BCUT2D eigenvalue weighted by atomic mass is 79.9. The standard InChI is InChI=1S/C14H10BrNO2S/c1-9-2-3-10(7-16)6-13(9)18-8-12(17)14-11(15)4-5-19-14/h2-6H,8H2,1H3. The van der Waals surface area contributed by atoms with Gasteiger partial charge in [0.1, 0.15) is 5.75 Å². The van der Waals surface area contributed by atoms with E-state index in [1.807, 2.05) is 24.4 Å². The Morgan fingerprint density at radius 1 is 1.47 bits per heavy atom. The van der Waals surface area contributed by atoms with Crippen molar-refractivity contribution in [3.05, 3.63) is 50.1 Å². The zero-order chi connectivity index (χ0) is 13.8. The molecule has 19 heavy (non-hydrogen) atoms. The van der Waals surface area contributed by atoms with Crippen LogP contribution in [0.25, 0.3) is 0 Å². The summed E-state index contributed by atoms with van der Waals surface area (Å²) in [5.41, 5.74) is 1.42. The van der Waals surface area contributed by atoms with E-state index in [9.17, 15) is 4.79 Å². The lowest BCUT2D eigenvalue weighted by atomic mass is 10.1. The third-order valence-electron chi connectivity index (χ3n) is 2.55. The van der Waals surface area contributed by atoms with E-state index in [2.05, 4.69) is 15.9 Å². The first-order valence-corrected chi connectivity index (χ1v) is 7.19. The molecule has 0 aliphatic heterocycles. The maximum Gasteiger partial charge on any atom is 0.211 e. The van der Waals surface area contributed by atoms with Crippen molar-refractivity contribution in [2.24, 2.45) is 0 Å². The number of benzene rings is 1. The molecule has 2 rings (SSSR count). The molecule has 0 aliphatic rings. The van der Waals surface area contributed by atoms with Crippen LogP contribution in [0.15, 0.2) is 34.1 Å². The number of hydrogen-bond donors (Lipinski definition) is 0. The van der Waals surface area contributed by atoms with Gasteiger partial charge >= 0.3 is 0 Å². The maximum absolute atomic E-state index is 12.0. The fourth-order valence-corrected chi connectivity index (χ4v) is 3.05. The smallest absolute Gasteiger partial charge is 0.211 e. The maximum atomic E-state index is 12.0. The Balaban J connectivity index is 2.09. The molecule has 5 heteroatoms. The molecule has 3 nitrogen and oxygen atoms in total. The number of thiophene rings is 1. The minimum Gasteiger partial charge on any atom is -0.485 e. The van der Waals surface area contributed by atoms with Crippen LogP contribution < -0.4 is 4.74 Å². The van der Waals surface area contributed by atoms with Crippen molar-refractivity contribution >= 4 is 33.0 Å². The molecule has 0 spiro atoms. The molecule has 0 bridgehead atoms. The zero-order valence-corrected chi connectivity index (χ0v) is 12.5. The Labute approximate surface area is 123 Å². The van der Waals surface area contributed by atoms with E-state index < -0.39 is 0 Å². The highest BCUT2D eigenvalue weighted by Gasteiger charge is 2.13. The van der Waals surface area contributed by atoms with Crippen LogP contribution in [0, 0.1) is 18.3 Å². The van der Waals surface area contributed by atoms with Crippen molar-refractivity contribution in [3.63, 3.8) is 0 Å². The van der Waals surface area contributed by atoms with Crippen LogP contribution in [0.4, 0.5) is 0 Å². The number of carbonyl (C=O) groups excluding carboxylic acids is 1. The van der Waals surface area contributed by atoms with Gasteiger partial charge in [0.15, 0.2) is 6.61 Å². The molecule has 0 N–H and O–H groups in total. The van der Waals surface area contributed by atoms with Crippen molar-refractivity contribution < 1.29 is 9.53 Å². The van der Waals surface area contributed by atoms with Gasteiger partial charge in [-0.05, 0) is 52.0 Å². The fraction of sp³-hybridized carbons (Fsp3) is 0.143. The van der Waals surface area contributed by atoms with Gasteiger partial charge < -0.3 is 4.74 Å². The van der Waals surface area contributed by atoms with Crippen molar-refractivity contribution in [3.8, 4) is 11.8 Å². The molecule has 96 valence electrons. The molecule has 1 aromatic heterocycles. The molecule has 1 heterocycles. The largest absolute Gasteiger partial charge is 0.485 e. The topological polar surface area (TPSA) is 50.1 Å². The zero-order valence-electron chi connectivity index (χ0n) is 10.1. The lowest BCUT2D eigenvalue weighted by Gasteiger charge is -2.08. The van der Waals surface area contributed by atoms with Gasteiger partial charge in [-0.15, -0.1) is 11.3 Å². The highest BCUT2D eigenvalue weighted by Crippen LogP contribution is 2.24. The van der Waals surface area contributed by atoms with E-state index in [1.54, 1.807) is 18.2 Å². The van der Waals surface area contributed by atoms with Gasteiger partial charge in [-0.2, -0.15) is 5.26 Å². The van der Waals surface area contributed by atoms with Gasteiger partial charge in [-0.1, -0.05) is 6.07 Å². The SMILES string of the molecule is Cc1ccc(C#N)cc1OCC(=O)c1sccc1Br. The lowest BCUT2D eigenvalue weighted by molar-refractivity contribution is 0.0924. The first-order chi connectivity index (χ1) is 9.11. The van der Waals surface area contributed by atoms with Crippen LogP contribution in [-0.4, -0.2) is 12.4 Å². The molecule has 0 aliphatic carbocycles. The van der Waals surface area contributed by atoms with Crippen LogP contribution in [0.5, 0.6) is 5.75 Å². The molecular formula is C14H10BrNO2S. The summed E-state index contributed by atoms with van der Waals surface area (Å²) in [7, 11) is 0. The van der Waals surface area contributed by atoms with E-state index >= 15 is 0 Å². The molecular weight excluding hydrogens is 326 g/mol. The van der Waals surface area contributed by atoms with Gasteiger partial charge in [-0.25, -0.2) is 0 Å². The molecule has 0 saturated heterocycles. The quantitative estimate of drug-likeness (QED) is 0.795. The minimum atomic E-state index is -0.0800. The number of rotatable bonds is 4. The molecule has 1 aromatic carbocycles. The van der Waals surface area contributed by atoms with Gasteiger partial charge in [0.25, 0.3) is 0 Å². The van der Waals surface area contributed by atoms with Crippen molar-refractivity contribution in [1.29, 1.82) is 5.26 Å². The molecule has 0 amide bonds. The first-order valence-electron chi connectivity index (χ1n) is 5.51. The summed E-state index contributed by atoms with van der Waals surface area (Å²) in [6, 6.07) is 9.05. The van der Waals surface area contributed by atoms with E-state index in [0.29, 0.717) is 16.2 Å². The number of aryl methyl sites for hydroxylation is 1. The predicted molar refractivity (Wildman–Crippen MR) is 77.7 cm³/mol. The van der Waals surface area contributed by atoms with Gasteiger partial charge in [0.2, 0.25) is 5.78 Å². The second-order valence-electron chi connectivity index (χ2n) is 3.90.